The van der Waals surface area contributed by atoms with Gasteiger partial charge in [-0.25, -0.2) is 0 Å². The van der Waals surface area contributed by atoms with Crippen molar-refractivity contribution in [2.75, 3.05) is 0 Å². The predicted octanol–water partition coefficient (Wildman–Crippen LogP) is 4.21. The zero-order valence-corrected chi connectivity index (χ0v) is 10.7. The molecule has 21 heavy (non-hydrogen) atoms. The zero-order chi connectivity index (χ0) is 15.0. The highest BCUT2D eigenvalue weighted by atomic mass is 19.4. The summed E-state index contributed by atoms with van der Waals surface area (Å²) < 4.78 is 38.4. The molecule has 0 saturated heterocycles. The fourth-order valence-electron chi connectivity index (χ4n) is 2.33. The predicted molar refractivity (Wildman–Crippen MR) is 75.0 cm³/mol. The normalized spacial score (nSPS) is 11.8. The van der Waals surface area contributed by atoms with Crippen LogP contribution in [-0.2, 0) is 6.18 Å². The van der Waals surface area contributed by atoms with E-state index < -0.39 is 11.7 Å². The maximum atomic E-state index is 12.8. The summed E-state index contributed by atoms with van der Waals surface area (Å²) in [5, 5.41) is 0.388. The summed E-state index contributed by atoms with van der Waals surface area (Å²) in [4.78, 5) is 14.9. The first-order valence-corrected chi connectivity index (χ1v) is 6.25. The van der Waals surface area contributed by atoms with Crippen molar-refractivity contribution in [3.8, 4) is 11.1 Å². The van der Waals surface area contributed by atoms with Crippen LogP contribution < -0.4 is 5.43 Å². The summed E-state index contributed by atoms with van der Waals surface area (Å²) in [5.41, 5.74) is 0.492. The van der Waals surface area contributed by atoms with Crippen molar-refractivity contribution < 1.29 is 13.2 Å². The molecule has 1 N–H and O–H groups in total. The van der Waals surface area contributed by atoms with Gasteiger partial charge in [0.1, 0.15) is 0 Å². The van der Waals surface area contributed by atoms with Gasteiger partial charge in [0, 0.05) is 17.8 Å². The Morgan fingerprint density at radius 2 is 1.71 bits per heavy atom. The van der Waals surface area contributed by atoms with Crippen LogP contribution in [0.1, 0.15) is 5.56 Å². The number of H-pyrrole nitrogens is 1. The standard InChI is InChI=1S/C16H10F3NO/c17-16(18,19)11-4-1-3-10(9-11)12-5-2-6-13-15(12)14(21)7-8-20-13/h1-9H,(H,20,21). The lowest BCUT2D eigenvalue weighted by atomic mass is 9.98. The second-order valence-corrected chi connectivity index (χ2v) is 4.65. The van der Waals surface area contributed by atoms with Crippen molar-refractivity contribution in [3.05, 3.63) is 70.5 Å². The average Bonchev–Trinajstić information content (AvgIpc) is 2.46. The topological polar surface area (TPSA) is 32.9 Å². The van der Waals surface area contributed by atoms with Gasteiger partial charge in [-0.1, -0.05) is 24.3 Å². The van der Waals surface area contributed by atoms with E-state index in [9.17, 15) is 18.0 Å². The van der Waals surface area contributed by atoms with Crippen LogP contribution in [0.3, 0.4) is 0 Å². The SMILES string of the molecule is O=c1cc[nH]c2cccc(-c3cccc(C(F)(F)F)c3)c12. The molecule has 0 atom stereocenters. The average molecular weight is 289 g/mol. The lowest BCUT2D eigenvalue weighted by Gasteiger charge is -2.10. The van der Waals surface area contributed by atoms with E-state index in [1.165, 1.54) is 18.3 Å². The molecule has 106 valence electrons. The van der Waals surface area contributed by atoms with Crippen LogP contribution in [0.25, 0.3) is 22.0 Å². The minimum atomic E-state index is -4.41. The van der Waals surface area contributed by atoms with Crippen molar-refractivity contribution >= 4 is 10.9 Å². The van der Waals surface area contributed by atoms with Gasteiger partial charge in [0.15, 0.2) is 5.43 Å². The molecule has 0 amide bonds. The Morgan fingerprint density at radius 3 is 2.48 bits per heavy atom. The third-order valence-corrected chi connectivity index (χ3v) is 3.29. The van der Waals surface area contributed by atoms with Crippen molar-refractivity contribution in [3.63, 3.8) is 0 Å². The maximum absolute atomic E-state index is 12.8. The molecule has 0 bridgehead atoms. The number of nitrogens with one attached hydrogen (secondary N) is 1. The second kappa shape index (κ2) is 4.77. The van der Waals surface area contributed by atoms with Gasteiger partial charge in [0.25, 0.3) is 0 Å². The molecule has 0 aliphatic carbocycles. The van der Waals surface area contributed by atoms with Gasteiger partial charge >= 0.3 is 6.18 Å². The molecule has 1 aromatic heterocycles. The van der Waals surface area contributed by atoms with Crippen molar-refractivity contribution in [2.24, 2.45) is 0 Å². The number of aromatic amines is 1. The van der Waals surface area contributed by atoms with Gasteiger partial charge in [-0.15, -0.1) is 0 Å². The number of alkyl halides is 3. The molecule has 3 aromatic rings. The number of aromatic nitrogens is 1. The molecule has 2 aromatic carbocycles. The first kappa shape index (κ1) is 13.4. The third kappa shape index (κ3) is 2.42. The van der Waals surface area contributed by atoms with Crippen LogP contribution in [0.2, 0.25) is 0 Å². The van der Waals surface area contributed by atoms with Crippen LogP contribution >= 0.6 is 0 Å². The van der Waals surface area contributed by atoms with Gasteiger partial charge in [0.2, 0.25) is 0 Å². The van der Waals surface area contributed by atoms with Crippen LogP contribution in [-0.4, -0.2) is 4.98 Å². The van der Waals surface area contributed by atoms with E-state index in [0.717, 1.165) is 12.1 Å². The number of fused-ring (bicyclic) bond motifs is 1. The van der Waals surface area contributed by atoms with E-state index in [4.69, 9.17) is 0 Å². The number of hydrogen-bond acceptors (Lipinski definition) is 1. The Hall–Kier alpha value is -2.56. The maximum Gasteiger partial charge on any atom is 0.416 e. The summed E-state index contributed by atoms with van der Waals surface area (Å²) >= 11 is 0. The summed E-state index contributed by atoms with van der Waals surface area (Å²) in [6, 6.07) is 11.4. The van der Waals surface area contributed by atoms with Crippen molar-refractivity contribution in [1.82, 2.24) is 4.98 Å². The lowest BCUT2D eigenvalue weighted by molar-refractivity contribution is -0.137. The smallest absolute Gasteiger partial charge is 0.361 e. The highest BCUT2D eigenvalue weighted by Gasteiger charge is 2.30. The lowest BCUT2D eigenvalue weighted by Crippen LogP contribution is -2.05. The molecule has 0 radical (unpaired) electrons. The molecule has 0 aliphatic rings. The molecule has 0 spiro atoms. The molecule has 0 aliphatic heterocycles. The Kier molecular flexibility index (Phi) is 3.05. The second-order valence-electron chi connectivity index (χ2n) is 4.65. The minimum absolute atomic E-state index is 0.225. The number of rotatable bonds is 1. The summed E-state index contributed by atoms with van der Waals surface area (Å²) in [6.45, 7) is 0. The van der Waals surface area contributed by atoms with E-state index in [-0.39, 0.29) is 5.43 Å². The summed E-state index contributed by atoms with van der Waals surface area (Å²) in [7, 11) is 0. The molecule has 0 saturated carbocycles. The molecule has 0 unspecified atom stereocenters. The first-order valence-electron chi connectivity index (χ1n) is 6.25. The molecule has 1 heterocycles. The first-order chi connectivity index (χ1) is 9.97. The fraction of sp³-hybridized carbons (Fsp3) is 0.0625. The molecule has 0 fully saturated rings. The van der Waals surface area contributed by atoms with E-state index >= 15 is 0 Å². The monoisotopic (exact) mass is 289 g/mol. The Bertz CT molecular complexity index is 860. The molecule has 2 nitrogen and oxygen atoms in total. The van der Waals surface area contributed by atoms with E-state index in [0.29, 0.717) is 22.0 Å². The largest absolute Gasteiger partial charge is 0.416 e. The fourth-order valence-corrected chi connectivity index (χ4v) is 2.33. The summed E-state index contributed by atoms with van der Waals surface area (Å²) in [5.74, 6) is 0. The van der Waals surface area contributed by atoms with E-state index in [1.807, 2.05) is 0 Å². The Balaban J connectivity index is 2.29. The highest BCUT2D eigenvalue weighted by Crippen LogP contribution is 2.33. The quantitative estimate of drug-likeness (QED) is 0.715. The van der Waals surface area contributed by atoms with Crippen molar-refractivity contribution in [1.29, 1.82) is 0 Å². The van der Waals surface area contributed by atoms with Crippen molar-refractivity contribution in [2.45, 2.75) is 6.18 Å². The number of halogens is 3. The van der Waals surface area contributed by atoms with Crippen LogP contribution in [0.4, 0.5) is 13.2 Å². The Labute approximate surface area is 117 Å². The van der Waals surface area contributed by atoms with Crippen LogP contribution in [0.5, 0.6) is 0 Å². The molecule has 5 heteroatoms. The highest BCUT2D eigenvalue weighted by molar-refractivity contribution is 5.94. The van der Waals surface area contributed by atoms with Gasteiger partial charge in [0.05, 0.1) is 10.9 Å². The van der Waals surface area contributed by atoms with Gasteiger partial charge in [-0.2, -0.15) is 13.2 Å². The van der Waals surface area contributed by atoms with Gasteiger partial charge in [-0.05, 0) is 29.3 Å². The molecular weight excluding hydrogens is 279 g/mol. The molecular formula is C16H10F3NO. The molecule has 3 rings (SSSR count). The summed E-state index contributed by atoms with van der Waals surface area (Å²) in [6.07, 6.45) is -2.90. The van der Waals surface area contributed by atoms with Gasteiger partial charge < -0.3 is 4.98 Å². The Morgan fingerprint density at radius 1 is 0.952 bits per heavy atom. The number of pyridine rings is 1. The van der Waals surface area contributed by atoms with Gasteiger partial charge in [-0.3, -0.25) is 4.79 Å². The van der Waals surface area contributed by atoms with Crippen LogP contribution in [0, 0.1) is 0 Å². The van der Waals surface area contributed by atoms with E-state index in [1.54, 1.807) is 24.3 Å². The van der Waals surface area contributed by atoms with E-state index in [2.05, 4.69) is 4.98 Å². The number of benzene rings is 2. The third-order valence-electron chi connectivity index (χ3n) is 3.29. The minimum Gasteiger partial charge on any atom is -0.361 e. The zero-order valence-electron chi connectivity index (χ0n) is 10.7. The number of hydrogen-bond donors (Lipinski definition) is 1. The van der Waals surface area contributed by atoms with Crippen LogP contribution in [0.15, 0.2) is 59.5 Å².